The van der Waals surface area contributed by atoms with Crippen LogP contribution in [0.2, 0.25) is 0 Å². The number of non-ortho nitro benzene ring substituents is 3. The van der Waals surface area contributed by atoms with Crippen molar-refractivity contribution >= 4 is 45.5 Å². The van der Waals surface area contributed by atoms with E-state index in [1.807, 2.05) is 84.9 Å². The molecule has 418 valence electrons. The van der Waals surface area contributed by atoms with Crippen LogP contribution in [0, 0.1) is 42.0 Å². The zero-order valence-corrected chi connectivity index (χ0v) is 43.8. The number of anilines is 5. The third kappa shape index (κ3) is 23.1. The van der Waals surface area contributed by atoms with E-state index in [4.69, 9.17) is 32.5 Å². The van der Waals surface area contributed by atoms with Gasteiger partial charge in [0, 0.05) is 64.8 Å². The topological polar surface area (TPSA) is 300 Å². The molecule has 0 aromatic heterocycles. The average Bonchev–Trinajstić information content (AvgIpc) is 3.47. The monoisotopic (exact) mass is 1110 g/mol. The van der Waals surface area contributed by atoms with Crippen LogP contribution in [0.15, 0.2) is 243 Å². The van der Waals surface area contributed by atoms with Crippen LogP contribution in [-0.4, -0.2) is 35.2 Å². The molecular weight excluding hydrogens is 1050 g/mol. The molecule has 0 heterocycles. The fourth-order valence-corrected chi connectivity index (χ4v) is 6.96. The van der Waals surface area contributed by atoms with Crippen molar-refractivity contribution < 1.29 is 44.0 Å². The van der Waals surface area contributed by atoms with Crippen molar-refractivity contribution in [3.8, 4) is 23.0 Å². The summed E-state index contributed by atoms with van der Waals surface area (Å²) in [6.07, 6.45) is 2.40. The van der Waals surface area contributed by atoms with Crippen LogP contribution in [0.1, 0.15) is 33.4 Å². The fourth-order valence-electron chi connectivity index (χ4n) is 6.96. The summed E-state index contributed by atoms with van der Waals surface area (Å²) in [6, 6.07) is 66.9. The lowest BCUT2D eigenvalue weighted by Crippen LogP contribution is -1.92. The fraction of sp³-hybridized carbons (Fsp3) is 0.0476. The molecule has 11 N–H and O–H groups in total. The molecule has 0 saturated heterocycles. The van der Waals surface area contributed by atoms with Crippen LogP contribution < -0.4 is 22.5 Å². The Labute approximate surface area is 470 Å². The van der Waals surface area contributed by atoms with Gasteiger partial charge in [0.05, 0.1) is 14.8 Å². The lowest BCUT2D eigenvalue weighted by Gasteiger charge is -2.08. The number of phenols is 4. The second kappa shape index (κ2) is 31.8. The first-order valence-corrected chi connectivity index (χ1v) is 24.7. The van der Waals surface area contributed by atoms with Crippen LogP contribution in [-0.2, 0) is 19.3 Å². The van der Waals surface area contributed by atoms with Gasteiger partial charge < -0.3 is 42.9 Å². The number of halogens is 2. The van der Waals surface area contributed by atoms with E-state index in [0.717, 1.165) is 95.2 Å². The molecule has 0 atom stereocenters. The van der Waals surface area contributed by atoms with Crippen LogP contribution in [0.3, 0.4) is 0 Å². The minimum absolute atomic E-state index is 0.0959. The predicted molar refractivity (Wildman–Crippen MR) is 316 cm³/mol. The number of hydrogen-bond donors (Lipinski definition) is 8. The molecule has 0 radical (unpaired) electrons. The highest BCUT2D eigenvalue weighted by Crippen LogP contribution is 2.22. The number of benzene rings is 10. The molecule has 0 saturated carbocycles. The molecule has 82 heavy (non-hydrogen) atoms. The average molecular weight is 1110 g/mol. The Hall–Kier alpha value is -11.3. The molecule has 0 spiro atoms. The van der Waals surface area contributed by atoms with Gasteiger partial charge in [-0.3, -0.25) is 30.3 Å². The second-order valence-corrected chi connectivity index (χ2v) is 17.7. The Kier molecular flexibility index (Phi) is 23.8. The number of hydrogen-bond acceptors (Lipinski definition) is 14. The number of rotatable bonds is 11. The van der Waals surface area contributed by atoms with E-state index in [1.165, 1.54) is 34.4 Å². The van der Waals surface area contributed by atoms with Gasteiger partial charge in [0.1, 0.15) is 34.6 Å². The lowest BCUT2D eigenvalue weighted by molar-refractivity contribution is -0.385. The minimum atomic E-state index is -0.570. The highest BCUT2D eigenvalue weighted by molar-refractivity contribution is 5.62. The Bertz CT molecular complexity index is 3340. The summed E-state index contributed by atoms with van der Waals surface area (Å²) >= 11 is 0. The molecule has 0 aliphatic rings. The summed E-state index contributed by atoms with van der Waals surface area (Å²) in [5.74, 6) is 0.149. The summed E-state index contributed by atoms with van der Waals surface area (Å²) in [5.41, 5.74) is 27.6. The Morgan fingerprint density at radius 1 is 0.305 bits per heavy atom. The number of nitro groups is 3. The van der Waals surface area contributed by atoms with Crippen molar-refractivity contribution in [1.29, 1.82) is 0 Å². The normalized spacial score (nSPS) is 9.88. The number of nitrogens with two attached hydrogens (primary N) is 3. The van der Waals surface area contributed by atoms with Crippen molar-refractivity contribution in [1.82, 2.24) is 0 Å². The standard InChI is InChI=1S/C19H18N2O.C13H11NO3.C13H13NO.2C6H4FNO2.C6H7NO/c20-16-5-9-18(10-6-16)21-17-7-1-14(2-8-17)13-15-3-11-19(22)12-4-15;15-13-7-3-11(4-8-13)9-10-1-5-12(6-2-10)14(16)17;14-12-5-1-10(2-6-12)9-11-3-7-13(15)8-4-11;2*7-5-1-3-6(4-2-5)8(9)10;7-5-1-3-6(8)4-2-5/h1-12,21-22H,13,20H2;1-8,15H,9H2;1-8,15H,9,14H2;2*1-4H;1-4,8H,7H2. The van der Waals surface area contributed by atoms with Crippen molar-refractivity contribution in [3.63, 3.8) is 0 Å². The smallest absolute Gasteiger partial charge is 0.269 e. The Morgan fingerprint density at radius 2 is 0.488 bits per heavy atom. The number of phenolic OH excluding ortho intramolecular Hbond substituents is 4. The summed E-state index contributed by atoms with van der Waals surface area (Å²) < 4.78 is 24.3. The SMILES string of the molecule is Nc1ccc(Cc2ccc(O)cc2)cc1.Nc1ccc(Nc2ccc(Cc3ccc(O)cc3)cc2)cc1.Nc1ccc(O)cc1.O=[N+]([O-])c1ccc(Cc2ccc(O)cc2)cc1.O=[N+]([O-])c1ccc(F)cc1.O=[N+]([O-])c1ccc(F)cc1. The lowest BCUT2D eigenvalue weighted by atomic mass is 10.0. The van der Waals surface area contributed by atoms with Crippen LogP contribution in [0.5, 0.6) is 23.0 Å². The van der Waals surface area contributed by atoms with E-state index in [0.29, 0.717) is 23.6 Å². The van der Waals surface area contributed by atoms with Crippen LogP contribution >= 0.6 is 0 Å². The first-order valence-electron chi connectivity index (χ1n) is 24.7. The predicted octanol–water partition coefficient (Wildman–Crippen LogP) is 14.2. The van der Waals surface area contributed by atoms with Gasteiger partial charge in [-0.15, -0.1) is 0 Å². The van der Waals surface area contributed by atoms with E-state index >= 15 is 0 Å². The number of nitrogens with one attached hydrogen (secondary N) is 1. The minimum Gasteiger partial charge on any atom is -0.508 e. The van der Waals surface area contributed by atoms with E-state index in [9.17, 15) is 44.2 Å². The number of aromatic hydroxyl groups is 4. The van der Waals surface area contributed by atoms with Gasteiger partial charge in [-0.2, -0.15) is 0 Å². The summed E-state index contributed by atoms with van der Waals surface area (Å²) in [7, 11) is 0. The van der Waals surface area contributed by atoms with E-state index in [1.54, 1.807) is 72.8 Å². The third-order valence-electron chi connectivity index (χ3n) is 11.3. The molecule has 17 nitrogen and oxygen atoms in total. The number of nitrogens with zero attached hydrogens (tertiary/aromatic N) is 3. The maximum absolute atomic E-state index is 12.1. The molecule has 10 rings (SSSR count). The maximum Gasteiger partial charge on any atom is 0.269 e. The van der Waals surface area contributed by atoms with E-state index in [2.05, 4.69) is 29.6 Å². The molecule has 10 aromatic carbocycles. The molecule has 0 fully saturated rings. The van der Waals surface area contributed by atoms with Crippen LogP contribution in [0.4, 0.5) is 54.3 Å². The van der Waals surface area contributed by atoms with Crippen LogP contribution in [0.25, 0.3) is 0 Å². The van der Waals surface area contributed by atoms with Gasteiger partial charge in [-0.05, 0) is 186 Å². The summed E-state index contributed by atoms with van der Waals surface area (Å²) in [6.45, 7) is 0. The molecule has 10 aromatic rings. The maximum atomic E-state index is 12.1. The van der Waals surface area contributed by atoms with E-state index in [-0.39, 0.29) is 28.6 Å². The molecular formula is C63H57F2N7O10. The van der Waals surface area contributed by atoms with Crippen molar-refractivity contribution in [2.24, 2.45) is 0 Å². The van der Waals surface area contributed by atoms with Gasteiger partial charge >= 0.3 is 0 Å². The van der Waals surface area contributed by atoms with Gasteiger partial charge in [0.2, 0.25) is 0 Å². The quantitative estimate of drug-likeness (QED) is 0.0259. The molecule has 0 bridgehead atoms. The van der Waals surface area contributed by atoms with E-state index < -0.39 is 26.4 Å². The molecule has 19 heteroatoms. The van der Waals surface area contributed by atoms with Crippen molar-refractivity contribution in [2.75, 3.05) is 22.5 Å². The largest absolute Gasteiger partial charge is 0.508 e. The summed E-state index contributed by atoms with van der Waals surface area (Å²) in [4.78, 5) is 28.9. The zero-order valence-electron chi connectivity index (χ0n) is 43.8. The molecule has 0 aliphatic heterocycles. The first-order chi connectivity index (χ1) is 39.3. The highest BCUT2D eigenvalue weighted by atomic mass is 19.1. The molecule has 0 amide bonds. The number of nitrogen functional groups attached to an aromatic ring is 3. The second-order valence-electron chi connectivity index (χ2n) is 17.7. The van der Waals surface area contributed by atoms with Crippen molar-refractivity contribution in [2.45, 2.75) is 19.3 Å². The molecule has 0 unspecified atom stereocenters. The highest BCUT2D eigenvalue weighted by Gasteiger charge is 2.06. The number of nitro benzene ring substituents is 3. The van der Waals surface area contributed by atoms with Gasteiger partial charge in [-0.25, -0.2) is 8.78 Å². The van der Waals surface area contributed by atoms with Crippen molar-refractivity contribution in [3.05, 3.63) is 318 Å². The Balaban J connectivity index is 0.000000187. The van der Waals surface area contributed by atoms with Gasteiger partial charge in [0.25, 0.3) is 17.1 Å². The Morgan fingerprint density at radius 3 is 0.744 bits per heavy atom. The van der Waals surface area contributed by atoms with Gasteiger partial charge in [-0.1, -0.05) is 72.8 Å². The third-order valence-corrected chi connectivity index (χ3v) is 11.3. The molecule has 0 aliphatic carbocycles. The summed E-state index contributed by atoms with van der Waals surface area (Å²) in [5, 5.41) is 70.1. The first kappa shape index (κ1) is 61.5. The van der Waals surface area contributed by atoms with Gasteiger partial charge in [0.15, 0.2) is 0 Å². The zero-order chi connectivity index (χ0) is 59.4.